The van der Waals surface area contributed by atoms with Gasteiger partial charge in [-0.1, -0.05) is 13.3 Å². The first-order chi connectivity index (χ1) is 6.13. The van der Waals surface area contributed by atoms with E-state index in [0.717, 1.165) is 25.7 Å². The van der Waals surface area contributed by atoms with Crippen molar-refractivity contribution in [2.45, 2.75) is 44.8 Å². The van der Waals surface area contributed by atoms with E-state index < -0.39 is 6.09 Å². The van der Waals surface area contributed by atoms with E-state index in [4.69, 9.17) is 16.2 Å². The third-order valence-corrected chi connectivity index (χ3v) is 2.79. The number of hydrogen-bond donors (Lipinski definition) is 2. The van der Waals surface area contributed by atoms with E-state index in [0.29, 0.717) is 5.92 Å². The van der Waals surface area contributed by atoms with E-state index in [9.17, 15) is 4.79 Å². The topological polar surface area (TPSA) is 78.3 Å². The van der Waals surface area contributed by atoms with Gasteiger partial charge in [-0.2, -0.15) is 0 Å². The first-order valence-electron chi connectivity index (χ1n) is 4.85. The summed E-state index contributed by atoms with van der Waals surface area (Å²) in [6, 6.07) is -0.0359. The summed E-state index contributed by atoms with van der Waals surface area (Å²) in [4.78, 5) is 10.5. The van der Waals surface area contributed by atoms with Gasteiger partial charge in [-0.3, -0.25) is 0 Å². The van der Waals surface area contributed by atoms with Crippen molar-refractivity contribution in [2.24, 2.45) is 17.4 Å². The van der Waals surface area contributed by atoms with E-state index in [2.05, 4.69) is 6.92 Å². The predicted molar refractivity (Wildman–Crippen MR) is 50.1 cm³/mol. The summed E-state index contributed by atoms with van der Waals surface area (Å²) in [5.41, 5.74) is 10.8. The molecular weight excluding hydrogens is 168 g/mol. The number of carbonyl (C=O) groups is 1. The van der Waals surface area contributed by atoms with Crippen molar-refractivity contribution in [1.82, 2.24) is 0 Å². The highest BCUT2D eigenvalue weighted by atomic mass is 16.6. The zero-order valence-electron chi connectivity index (χ0n) is 8.03. The smallest absolute Gasteiger partial charge is 0.404 e. The van der Waals surface area contributed by atoms with Crippen LogP contribution in [0.1, 0.15) is 32.6 Å². The van der Waals surface area contributed by atoms with Gasteiger partial charge >= 0.3 is 6.09 Å². The second-order valence-corrected chi connectivity index (χ2v) is 3.73. The summed E-state index contributed by atoms with van der Waals surface area (Å²) in [7, 11) is 0. The van der Waals surface area contributed by atoms with E-state index in [-0.39, 0.29) is 12.1 Å². The highest BCUT2D eigenvalue weighted by Gasteiger charge is 2.29. The average molecular weight is 186 g/mol. The fourth-order valence-corrected chi connectivity index (χ4v) is 1.93. The van der Waals surface area contributed by atoms with Gasteiger partial charge in [0.1, 0.15) is 6.10 Å². The molecule has 4 nitrogen and oxygen atoms in total. The van der Waals surface area contributed by atoms with Crippen LogP contribution in [0.4, 0.5) is 4.79 Å². The molecule has 4 heteroatoms. The van der Waals surface area contributed by atoms with Crippen LogP contribution in [0.2, 0.25) is 0 Å². The Labute approximate surface area is 78.6 Å². The first-order valence-corrected chi connectivity index (χ1v) is 4.85. The Hall–Kier alpha value is -0.770. The number of amides is 1. The lowest BCUT2D eigenvalue weighted by molar-refractivity contribution is 0.0558. The number of primary amides is 1. The molecule has 1 rings (SSSR count). The fourth-order valence-electron chi connectivity index (χ4n) is 1.93. The van der Waals surface area contributed by atoms with Gasteiger partial charge in [0, 0.05) is 6.04 Å². The summed E-state index contributed by atoms with van der Waals surface area (Å²) in [6.45, 7) is 2.16. The molecule has 0 aromatic heterocycles. The highest BCUT2D eigenvalue weighted by molar-refractivity contribution is 5.64. The Kier molecular flexibility index (Phi) is 3.54. The molecule has 0 radical (unpaired) electrons. The lowest BCUT2D eigenvalue weighted by Gasteiger charge is -2.32. The molecule has 1 fully saturated rings. The average Bonchev–Trinajstić information content (AvgIpc) is 2.08. The molecule has 0 aromatic rings. The standard InChI is InChI=1S/C9H18N2O2/c1-2-6-3-4-8(7(10)5-6)13-9(11)12/h6-8H,2-5,10H2,1H3,(H2,11,12). The Bertz CT molecular complexity index is 184. The molecule has 1 saturated carbocycles. The zero-order valence-corrected chi connectivity index (χ0v) is 8.03. The van der Waals surface area contributed by atoms with Gasteiger partial charge in [-0.05, 0) is 25.2 Å². The fraction of sp³-hybridized carbons (Fsp3) is 0.889. The van der Waals surface area contributed by atoms with Crippen molar-refractivity contribution >= 4 is 6.09 Å². The van der Waals surface area contributed by atoms with Crippen molar-refractivity contribution in [3.63, 3.8) is 0 Å². The molecule has 13 heavy (non-hydrogen) atoms. The van der Waals surface area contributed by atoms with Crippen molar-refractivity contribution in [1.29, 1.82) is 0 Å². The van der Waals surface area contributed by atoms with Crippen LogP contribution in [0.5, 0.6) is 0 Å². The Morgan fingerprint density at radius 1 is 1.54 bits per heavy atom. The lowest BCUT2D eigenvalue weighted by Crippen LogP contribution is -2.44. The molecule has 3 atom stereocenters. The summed E-state index contributed by atoms with van der Waals surface area (Å²) in [5.74, 6) is 0.683. The van der Waals surface area contributed by atoms with Crippen molar-refractivity contribution < 1.29 is 9.53 Å². The van der Waals surface area contributed by atoms with Crippen molar-refractivity contribution in [3.05, 3.63) is 0 Å². The molecule has 0 heterocycles. The SMILES string of the molecule is CCC1CCC(OC(N)=O)C(N)C1. The maximum absolute atomic E-state index is 10.5. The van der Waals surface area contributed by atoms with Crippen LogP contribution >= 0.6 is 0 Å². The van der Waals surface area contributed by atoms with Crippen LogP contribution in [0, 0.1) is 5.92 Å². The normalized spacial score (nSPS) is 34.2. The van der Waals surface area contributed by atoms with Crippen LogP contribution in [0.15, 0.2) is 0 Å². The molecule has 0 spiro atoms. The second-order valence-electron chi connectivity index (χ2n) is 3.73. The van der Waals surface area contributed by atoms with Gasteiger partial charge in [-0.25, -0.2) is 4.79 Å². The van der Waals surface area contributed by atoms with E-state index >= 15 is 0 Å². The molecular formula is C9H18N2O2. The van der Waals surface area contributed by atoms with E-state index in [1.165, 1.54) is 0 Å². The molecule has 76 valence electrons. The van der Waals surface area contributed by atoms with Crippen molar-refractivity contribution in [3.8, 4) is 0 Å². The minimum absolute atomic E-state index is 0.0359. The molecule has 4 N–H and O–H groups in total. The quantitative estimate of drug-likeness (QED) is 0.675. The van der Waals surface area contributed by atoms with Crippen LogP contribution in [-0.4, -0.2) is 18.2 Å². The zero-order chi connectivity index (χ0) is 9.84. The molecule has 0 saturated heterocycles. The summed E-state index contributed by atoms with van der Waals surface area (Å²) in [5, 5.41) is 0. The van der Waals surface area contributed by atoms with Crippen molar-refractivity contribution in [2.75, 3.05) is 0 Å². The minimum atomic E-state index is -0.713. The number of nitrogens with two attached hydrogens (primary N) is 2. The molecule has 0 bridgehead atoms. The van der Waals surface area contributed by atoms with E-state index in [1.807, 2.05) is 0 Å². The van der Waals surface area contributed by atoms with Gasteiger partial charge in [0.15, 0.2) is 0 Å². The summed E-state index contributed by atoms with van der Waals surface area (Å²) in [6.07, 6.45) is 3.15. The molecule has 1 aliphatic carbocycles. The van der Waals surface area contributed by atoms with Gasteiger partial charge in [0.25, 0.3) is 0 Å². The van der Waals surface area contributed by atoms with Crippen LogP contribution in [0.25, 0.3) is 0 Å². The molecule has 3 unspecified atom stereocenters. The summed E-state index contributed by atoms with van der Waals surface area (Å²) < 4.78 is 4.91. The lowest BCUT2D eigenvalue weighted by atomic mass is 9.83. The van der Waals surface area contributed by atoms with Crippen LogP contribution in [-0.2, 0) is 4.74 Å². The van der Waals surface area contributed by atoms with Gasteiger partial charge in [0.2, 0.25) is 0 Å². The Balaban J connectivity index is 2.39. The number of carbonyl (C=O) groups excluding carboxylic acids is 1. The molecule has 0 aromatic carbocycles. The van der Waals surface area contributed by atoms with Crippen LogP contribution < -0.4 is 11.5 Å². The first kappa shape index (κ1) is 10.3. The minimum Gasteiger partial charge on any atom is -0.445 e. The number of rotatable bonds is 2. The Morgan fingerprint density at radius 3 is 2.69 bits per heavy atom. The van der Waals surface area contributed by atoms with Crippen LogP contribution in [0.3, 0.4) is 0 Å². The van der Waals surface area contributed by atoms with Gasteiger partial charge < -0.3 is 16.2 Å². The maximum Gasteiger partial charge on any atom is 0.404 e. The maximum atomic E-state index is 10.5. The monoisotopic (exact) mass is 186 g/mol. The Morgan fingerprint density at radius 2 is 2.23 bits per heavy atom. The van der Waals surface area contributed by atoms with E-state index in [1.54, 1.807) is 0 Å². The number of hydrogen-bond acceptors (Lipinski definition) is 3. The highest BCUT2D eigenvalue weighted by Crippen LogP contribution is 2.27. The molecule has 1 aliphatic rings. The second kappa shape index (κ2) is 4.46. The predicted octanol–water partition coefficient (Wildman–Crippen LogP) is 0.988. The summed E-state index contributed by atoms with van der Waals surface area (Å²) >= 11 is 0. The van der Waals surface area contributed by atoms with Gasteiger partial charge in [0.05, 0.1) is 0 Å². The molecule has 1 amide bonds. The number of ether oxygens (including phenoxy) is 1. The largest absolute Gasteiger partial charge is 0.445 e. The third-order valence-electron chi connectivity index (χ3n) is 2.79. The van der Waals surface area contributed by atoms with Gasteiger partial charge in [-0.15, -0.1) is 0 Å². The molecule has 0 aliphatic heterocycles. The third kappa shape index (κ3) is 2.88.